The number of hydrogen-bond acceptors (Lipinski definition) is 5. The van der Waals surface area contributed by atoms with E-state index < -0.39 is 0 Å². The molecule has 0 bridgehead atoms. The van der Waals surface area contributed by atoms with E-state index in [1.807, 2.05) is 31.0 Å². The summed E-state index contributed by atoms with van der Waals surface area (Å²) in [7, 11) is 1.93. The fourth-order valence-electron chi connectivity index (χ4n) is 3.95. The van der Waals surface area contributed by atoms with Crippen LogP contribution in [0.1, 0.15) is 49.9 Å². The summed E-state index contributed by atoms with van der Waals surface area (Å²) in [6.07, 6.45) is 9.60. The van der Waals surface area contributed by atoms with Crippen LogP contribution in [0.15, 0.2) is 18.6 Å². The van der Waals surface area contributed by atoms with Gasteiger partial charge < -0.3 is 10.2 Å². The summed E-state index contributed by atoms with van der Waals surface area (Å²) in [5.74, 6) is 0.683. The fourth-order valence-corrected chi connectivity index (χ4v) is 3.95. The molecule has 2 aliphatic rings. The number of nitrogens with zero attached hydrogens (tertiary/aromatic N) is 6. The van der Waals surface area contributed by atoms with E-state index >= 15 is 0 Å². The highest BCUT2D eigenvalue weighted by atomic mass is 16.2. The lowest BCUT2D eigenvalue weighted by molar-refractivity contribution is -0.139. The average molecular weight is 357 g/mol. The zero-order chi connectivity index (χ0) is 18.1. The van der Waals surface area contributed by atoms with Gasteiger partial charge in [-0.15, -0.1) is 0 Å². The van der Waals surface area contributed by atoms with Crippen LogP contribution in [-0.4, -0.2) is 48.2 Å². The standard InChI is InChI=1S/C18H27N7O/c1-3-24-21-11-15(22-24)10-19-8-13-4-7-17(26)25(16-5-6-16)18(13)14-9-20-23(2)12-14/h9,11-13,16,18-19H,3-8,10H2,1-2H3/t13-,18+/m1/s1. The number of carbonyl (C=O) groups is 1. The van der Waals surface area contributed by atoms with Gasteiger partial charge in [-0.2, -0.15) is 20.1 Å². The number of nitrogens with one attached hydrogen (secondary N) is 1. The van der Waals surface area contributed by atoms with E-state index in [-0.39, 0.29) is 6.04 Å². The van der Waals surface area contributed by atoms with Crippen LogP contribution in [0, 0.1) is 5.92 Å². The van der Waals surface area contributed by atoms with Crippen LogP contribution in [0.2, 0.25) is 0 Å². The van der Waals surface area contributed by atoms with E-state index in [1.54, 1.807) is 4.80 Å². The molecule has 4 rings (SSSR count). The molecule has 1 amide bonds. The predicted octanol–water partition coefficient (Wildman–Crippen LogP) is 1.26. The molecule has 1 aliphatic heterocycles. The second-order valence-electron chi connectivity index (χ2n) is 7.38. The molecule has 3 heterocycles. The molecule has 8 nitrogen and oxygen atoms in total. The van der Waals surface area contributed by atoms with E-state index in [2.05, 4.69) is 31.7 Å². The van der Waals surface area contributed by atoms with Gasteiger partial charge in [-0.05, 0) is 32.1 Å². The summed E-state index contributed by atoms with van der Waals surface area (Å²) in [5, 5.41) is 16.5. The molecule has 2 aromatic rings. The Kier molecular flexibility index (Phi) is 4.76. The monoisotopic (exact) mass is 357 g/mol. The third-order valence-electron chi connectivity index (χ3n) is 5.35. The first kappa shape index (κ1) is 17.2. The highest BCUT2D eigenvalue weighted by Gasteiger charge is 2.44. The third-order valence-corrected chi connectivity index (χ3v) is 5.35. The van der Waals surface area contributed by atoms with E-state index in [0.29, 0.717) is 30.8 Å². The number of hydrogen-bond donors (Lipinski definition) is 1. The Labute approximate surface area is 153 Å². The molecule has 1 saturated carbocycles. The Morgan fingerprint density at radius 1 is 1.23 bits per heavy atom. The molecule has 2 atom stereocenters. The number of piperidine rings is 1. The molecule has 26 heavy (non-hydrogen) atoms. The van der Waals surface area contributed by atoms with Gasteiger partial charge in [0.1, 0.15) is 0 Å². The van der Waals surface area contributed by atoms with Gasteiger partial charge in [0.15, 0.2) is 0 Å². The van der Waals surface area contributed by atoms with Crippen molar-refractivity contribution < 1.29 is 4.79 Å². The first-order chi connectivity index (χ1) is 12.7. The van der Waals surface area contributed by atoms with Gasteiger partial charge in [0.05, 0.1) is 30.7 Å². The quantitative estimate of drug-likeness (QED) is 0.807. The van der Waals surface area contributed by atoms with Gasteiger partial charge in [0.2, 0.25) is 5.91 Å². The van der Waals surface area contributed by atoms with Crippen molar-refractivity contribution in [1.82, 2.24) is 35.0 Å². The maximum absolute atomic E-state index is 12.6. The van der Waals surface area contributed by atoms with Crippen molar-refractivity contribution in [2.45, 2.75) is 57.8 Å². The summed E-state index contributed by atoms with van der Waals surface area (Å²) < 4.78 is 1.83. The van der Waals surface area contributed by atoms with Gasteiger partial charge >= 0.3 is 0 Å². The van der Waals surface area contributed by atoms with E-state index in [4.69, 9.17) is 0 Å². The van der Waals surface area contributed by atoms with Crippen molar-refractivity contribution in [2.24, 2.45) is 13.0 Å². The SMILES string of the molecule is CCn1ncc(CNC[C@H]2CCC(=O)N(C3CC3)[C@@H]2c2cnn(C)c2)n1. The first-order valence-corrected chi connectivity index (χ1v) is 9.55. The highest BCUT2D eigenvalue weighted by Crippen LogP contribution is 2.43. The summed E-state index contributed by atoms with van der Waals surface area (Å²) in [6, 6.07) is 0.538. The van der Waals surface area contributed by atoms with Gasteiger partial charge in [0, 0.05) is 44.4 Å². The van der Waals surface area contributed by atoms with Crippen LogP contribution in [-0.2, 0) is 24.9 Å². The maximum atomic E-state index is 12.6. The van der Waals surface area contributed by atoms with Crippen molar-refractivity contribution in [1.29, 1.82) is 0 Å². The van der Waals surface area contributed by atoms with Crippen LogP contribution in [0.25, 0.3) is 0 Å². The minimum Gasteiger partial charge on any atom is -0.332 e. The lowest BCUT2D eigenvalue weighted by atomic mass is 9.85. The smallest absolute Gasteiger partial charge is 0.223 e. The van der Waals surface area contributed by atoms with Gasteiger partial charge in [-0.25, -0.2) is 0 Å². The Morgan fingerprint density at radius 3 is 2.73 bits per heavy atom. The lowest BCUT2D eigenvalue weighted by Gasteiger charge is -2.41. The Bertz CT molecular complexity index is 763. The average Bonchev–Trinajstić information content (AvgIpc) is 3.21. The molecule has 140 valence electrons. The summed E-state index contributed by atoms with van der Waals surface area (Å²) >= 11 is 0. The minimum atomic E-state index is 0.122. The Hall–Kier alpha value is -2.22. The second kappa shape index (κ2) is 7.19. The molecular formula is C18H27N7O. The van der Waals surface area contributed by atoms with E-state index in [0.717, 1.165) is 43.6 Å². The highest BCUT2D eigenvalue weighted by molar-refractivity contribution is 5.78. The molecule has 2 fully saturated rings. The maximum Gasteiger partial charge on any atom is 0.223 e. The zero-order valence-electron chi connectivity index (χ0n) is 15.5. The predicted molar refractivity (Wildman–Crippen MR) is 95.9 cm³/mol. The largest absolute Gasteiger partial charge is 0.332 e. The molecule has 0 aromatic carbocycles. The van der Waals surface area contributed by atoms with Crippen molar-refractivity contribution in [3.05, 3.63) is 29.8 Å². The molecule has 1 N–H and O–H groups in total. The number of rotatable bonds is 7. The van der Waals surface area contributed by atoms with Crippen molar-refractivity contribution in [3.63, 3.8) is 0 Å². The van der Waals surface area contributed by atoms with E-state index in [1.165, 1.54) is 0 Å². The normalized spacial score (nSPS) is 23.6. The molecule has 8 heteroatoms. The number of aromatic nitrogens is 5. The third kappa shape index (κ3) is 3.51. The van der Waals surface area contributed by atoms with Crippen molar-refractivity contribution >= 4 is 5.91 Å². The van der Waals surface area contributed by atoms with Gasteiger partial charge in [-0.3, -0.25) is 9.48 Å². The van der Waals surface area contributed by atoms with Crippen LogP contribution >= 0.6 is 0 Å². The van der Waals surface area contributed by atoms with Gasteiger partial charge in [-0.1, -0.05) is 0 Å². The topological polar surface area (TPSA) is 80.9 Å². The Balaban J connectivity index is 1.46. The molecule has 1 saturated heterocycles. The number of likely N-dealkylation sites (tertiary alicyclic amines) is 1. The fraction of sp³-hybridized carbons (Fsp3) is 0.667. The molecule has 0 spiro atoms. The minimum absolute atomic E-state index is 0.122. The molecule has 0 radical (unpaired) electrons. The van der Waals surface area contributed by atoms with Crippen LogP contribution in [0.5, 0.6) is 0 Å². The number of carbonyl (C=O) groups excluding carboxylic acids is 1. The molecular weight excluding hydrogens is 330 g/mol. The summed E-state index contributed by atoms with van der Waals surface area (Å²) in [5.41, 5.74) is 2.10. The molecule has 2 aromatic heterocycles. The molecule has 0 unspecified atom stereocenters. The molecule has 1 aliphatic carbocycles. The van der Waals surface area contributed by atoms with Crippen molar-refractivity contribution in [2.75, 3.05) is 6.54 Å². The van der Waals surface area contributed by atoms with E-state index in [9.17, 15) is 4.79 Å². The lowest BCUT2D eigenvalue weighted by Crippen LogP contribution is -2.46. The summed E-state index contributed by atoms with van der Waals surface area (Å²) in [4.78, 5) is 16.4. The second-order valence-corrected chi connectivity index (χ2v) is 7.38. The first-order valence-electron chi connectivity index (χ1n) is 9.55. The number of aryl methyl sites for hydroxylation is 2. The summed E-state index contributed by atoms with van der Waals surface area (Å²) in [6.45, 7) is 4.37. The van der Waals surface area contributed by atoms with Crippen LogP contribution in [0.4, 0.5) is 0 Å². The number of amides is 1. The Morgan fingerprint density at radius 2 is 2.08 bits per heavy atom. The zero-order valence-corrected chi connectivity index (χ0v) is 15.5. The van der Waals surface area contributed by atoms with Crippen LogP contribution < -0.4 is 5.32 Å². The van der Waals surface area contributed by atoms with Crippen molar-refractivity contribution in [3.8, 4) is 0 Å². The van der Waals surface area contributed by atoms with Crippen LogP contribution in [0.3, 0.4) is 0 Å². The van der Waals surface area contributed by atoms with Gasteiger partial charge in [0.25, 0.3) is 0 Å².